The first-order valence-electron chi connectivity index (χ1n) is 8.38. The van der Waals surface area contributed by atoms with Crippen LogP contribution in [-0.2, 0) is 0 Å². The minimum atomic E-state index is -6.09. The molecule has 0 heterocycles. The van der Waals surface area contributed by atoms with E-state index in [9.17, 15) is 48.3 Å². The van der Waals surface area contributed by atoms with Crippen molar-refractivity contribution in [1.29, 1.82) is 0 Å². The molecule has 0 spiro atoms. The van der Waals surface area contributed by atoms with Crippen molar-refractivity contribution >= 4 is 13.2 Å². The predicted molar refractivity (Wildman–Crippen MR) is 88.6 cm³/mol. The third kappa shape index (κ3) is 6.69. The zero-order valence-electron chi connectivity index (χ0n) is 14.7. The molecule has 1 rings (SSSR count). The van der Waals surface area contributed by atoms with Gasteiger partial charge in [-0.2, -0.15) is 22.0 Å². The molecule has 6 atom stereocenters. The lowest BCUT2D eigenvalue weighted by atomic mass is 10.0. The minimum Gasteiger partial charge on any atom is -0.251 e. The number of benzene rings is 1. The zero-order chi connectivity index (χ0) is 22.4. The second-order valence-electron chi connectivity index (χ2n) is 6.18. The van der Waals surface area contributed by atoms with E-state index in [0.717, 1.165) is 24.3 Å². The summed E-state index contributed by atoms with van der Waals surface area (Å²) in [5.41, 5.74) is -5.43. The van der Waals surface area contributed by atoms with Crippen LogP contribution in [0.5, 0.6) is 0 Å². The van der Waals surface area contributed by atoms with Crippen molar-refractivity contribution in [3.63, 3.8) is 0 Å². The lowest BCUT2D eigenvalue weighted by Crippen LogP contribution is -2.43. The maximum absolute atomic E-state index is 14.1. The Morgan fingerprint density at radius 1 is 0.759 bits per heavy atom. The van der Waals surface area contributed by atoms with Gasteiger partial charge in [0, 0.05) is 14.1 Å². The van der Waals surface area contributed by atoms with Crippen molar-refractivity contribution in [2.45, 2.75) is 55.5 Å². The van der Waals surface area contributed by atoms with Gasteiger partial charge >= 0.3 is 11.8 Å². The van der Waals surface area contributed by atoms with Crippen LogP contribution in [0, 0.1) is 0 Å². The van der Waals surface area contributed by atoms with Gasteiger partial charge in [-0.1, -0.05) is 30.3 Å². The van der Waals surface area contributed by atoms with Crippen molar-refractivity contribution in [3.8, 4) is 0 Å². The summed E-state index contributed by atoms with van der Waals surface area (Å²) in [7, 11) is -3.73. The predicted octanol–water partition coefficient (Wildman–Crippen LogP) is 6.39. The van der Waals surface area contributed by atoms with Gasteiger partial charge in [-0.25, -0.2) is 22.0 Å². The fourth-order valence-corrected chi connectivity index (χ4v) is 4.58. The molecular formula is C17H18F11P. The number of rotatable bonds is 11. The Bertz CT molecular complexity index is 595. The molecule has 0 aromatic heterocycles. The van der Waals surface area contributed by atoms with Crippen LogP contribution in [0.3, 0.4) is 0 Å². The third-order valence-corrected chi connectivity index (χ3v) is 6.58. The van der Waals surface area contributed by atoms with E-state index in [1.54, 1.807) is 0 Å². The van der Waals surface area contributed by atoms with Crippen LogP contribution in [0.2, 0.25) is 0 Å². The molecule has 0 aliphatic rings. The fraction of sp³-hybridized carbons (Fsp3) is 0.647. The van der Waals surface area contributed by atoms with Gasteiger partial charge in [-0.3, -0.25) is 4.39 Å². The van der Waals surface area contributed by atoms with Crippen molar-refractivity contribution in [1.82, 2.24) is 0 Å². The molecule has 1 aromatic rings. The SMILES string of the molecule is FCCCC(F)C(F)C(F)C(F)C(F)CP(c1ccccc1)C(F)(F)C(F)(F)F. The summed E-state index contributed by atoms with van der Waals surface area (Å²) in [5, 5.41) is -0.627. The molecule has 1 aromatic carbocycles. The highest BCUT2D eigenvalue weighted by molar-refractivity contribution is 7.66. The highest BCUT2D eigenvalue weighted by atomic mass is 31.1. The largest absolute Gasteiger partial charge is 0.457 e. The van der Waals surface area contributed by atoms with Gasteiger partial charge < -0.3 is 0 Å². The smallest absolute Gasteiger partial charge is 0.251 e. The van der Waals surface area contributed by atoms with Crippen molar-refractivity contribution < 1.29 is 48.3 Å². The molecule has 6 unspecified atom stereocenters. The molecule has 168 valence electrons. The van der Waals surface area contributed by atoms with E-state index in [0.29, 0.717) is 0 Å². The second-order valence-corrected chi connectivity index (χ2v) is 8.48. The molecule has 0 amide bonds. The van der Waals surface area contributed by atoms with Gasteiger partial charge in [-0.15, -0.1) is 0 Å². The Hall–Kier alpha value is -1.12. The second kappa shape index (κ2) is 10.8. The van der Waals surface area contributed by atoms with E-state index in [2.05, 4.69) is 0 Å². The Morgan fingerprint density at radius 2 is 1.28 bits per heavy atom. The average molecular weight is 462 g/mol. The first kappa shape index (κ1) is 25.9. The molecule has 0 N–H and O–H groups in total. The number of hydrogen-bond donors (Lipinski definition) is 0. The number of halogens is 11. The minimum absolute atomic E-state index is 0.512. The molecule has 0 saturated carbocycles. The first-order valence-corrected chi connectivity index (χ1v) is 9.90. The summed E-state index contributed by atoms with van der Waals surface area (Å²) < 4.78 is 147. The van der Waals surface area contributed by atoms with E-state index < -0.39 is 81.6 Å². The maximum atomic E-state index is 14.1. The Balaban J connectivity index is 3.01. The quantitative estimate of drug-likeness (QED) is 0.264. The van der Waals surface area contributed by atoms with Crippen molar-refractivity contribution in [2.75, 3.05) is 12.8 Å². The van der Waals surface area contributed by atoms with Crippen molar-refractivity contribution in [3.05, 3.63) is 30.3 Å². The van der Waals surface area contributed by atoms with Crippen LogP contribution < -0.4 is 5.30 Å². The van der Waals surface area contributed by atoms with Gasteiger partial charge in [0.1, 0.15) is 12.3 Å². The Labute approximate surface area is 161 Å². The molecule has 0 aliphatic carbocycles. The summed E-state index contributed by atoms with van der Waals surface area (Å²) in [6, 6.07) is 5.20. The van der Waals surface area contributed by atoms with Crippen LogP contribution in [-0.4, -0.2) is 55.5 Å². The van der Waals surface area contributed by atoms with E-state index in [-0.39, 0.29) is 0 Å². The fourth-order valence-electron chi connectivity index (χ4n) is 2.42. The van der Waals surface area contributed by atoms with E-state index in [4.69, 9.17) is 0 Å². The highest BCUT2D eigenvalue weighted by Gasteiger charge is 2.63. The molecule has 0 saturated heterocycles. The summed E-state index contributed by atoms with van der Waals surface area (Å²) >= 11 is 0. The van der Waals surface area contributed by atoms with Crippen LogP contribution in [0.4, 0.5) is 48.3 Å². The number of alkyl halides is 11. The molecule has 0 radical (unpaired) electrons. The lowest BCUT2D eigenvalue weighted by Gasteiger charge is -2.31. The summed E-state index contributed by atoms with van der Waals surface area (Å²) in [4.78, 5) is 0. The first-order chi connectivity index (χ1) is 13.3. The zero-order valence-corrected chi connectivity index (χ0v) is 15.6. The van der Waals surface area contributed by atoms with E-state index >= 15 is 0 Å². The average Bonchev–Trinajstić information content (AvgIpc) is 2.67. The van der Waals surface area contributed by atoms with Crippen LogP contribution >= 0.6 is 7.92 Å². The van der Waals surface area contributed by atoms with E-state index in [1.165, 1.54) is 6.07 Å². The van der Waals surface area contributed by atoms with Gasteiger partial charge in [0.25, 0.3) is 0 Å². The topological polar surface area (TPSA) is 0 Å². The Kier molecular flexibility index (Phi) is 9.63. The molecule has 0 bridgehead atoms. The molecular weight excluding hydrogens is 444 g/mol. The summed E-state index contributed by atoms with van der Waals surface area (Å²) in [6.45, 7) is -1.07. The normalized spacial score (nSPS) is 19.3. The third-order valence-electron chi connectivity index (χ3n) is 4.02. The number of hydrogen-bond acceptors (Lipinski definition) is 0. The van der Waals surface area contributed by atoms with E-state index in [1.807, 2.05) is 0 Å². The molecule has 0 fully saturated rings. The van der Waals surface area contributed by atoms with Crippen LogP contribution in [0.25, 0.3) is 0 Å². The van der Waals surface area contributed by atoms with Crippen LogP contribution in [0.15, 0.2) is 30.3 Å². The van der Waals surface area contributed by atoms with Gasteiger partial charge in [0.2, 0.25) is 0 Å². The Morgan fingerprint density at radius 3 is 1.76 bits per heavy atom. The van der Waals surface area contributed by atoms with Gasteiger partial charge in [-0.05, 0) is 18.1 Å². The standard InChI is InChI=1S/C17H18F11P/c18-8-4-7-11(19)13(21)15(23)14(22)12(20)9-29(10-5-2-1-3-6-10)17(27,28)16(24,25)26/h1-3,5-6,11-15H,4,7-9H2. The van der Waals surface area contributed by atoms with Crippen LogP contribution in [0.1, 0.15) is 12.8 Å². The summed E-state index contributed by atoms with van der Waals surface area (Å²) in [6.07, 6.45) is -25.3. The molecule has 29 heavy (non-hydrogen) atoms. The molecule has 0 aliphatic heterocycles. The lowest BCUT2D eigenvalue weighted by molar-refractivity contribution is -0.240. The van der Waals surface area contributed by atoms with Crippen molar-refractivity contribution in [2.24, 2.45) is 0 Å². The van der Waals surface area contributed by atoms with Gasteiger partial charge in [0.05, 0.1) is 6.67 Å². The molecule has 0 nitrogen and oxygen atoms in total. The maximum Gasteiger partial charge on any atom is 0.457 e. The summed E-state index contributed by atoms with van der Waals surface area (Å²) in [5.74, 6) is 0. The van der Waals surface area contributed by atoms with Gasteiger partial charge in [0.15, 0.2) is 18.5 Å². The molecule has 12 heteroatoms. The highest BCUT2D eigenvalue weighted by Crippen LogP contribution is 2.59. The monoisotopic (exact) mass is 462 g/mol.